The molecule has 9 heteroatoms. The second kappa shape index (κ2) is 8.76. The van der Waals surface area contributed by atoms with Gasteiger partial charge in [-0.05, 0) is 42.3 Å². The number of thioether (sulfide) groups is 1. The monoisotopic (exact) mass is 436 g/mol. The zero-order valence-electron chi connectivity index (χ0n) is 16.8. The zero-order valence-corrected chi connectivity index (χ0v) is 18.4. The first-order chi connectivity index (χ1) is 14.5. The van der Waals surface area contributed by atoms with E-state index in [0.29, 0.717) is 10.3 Å². The minimum Gasteiger partial charge on any atom is -0.301 e. The molecular weight excluding hydrogens is 416 g/mol. The van der Waals surface area contributed by atoms with Crippen molar-refractivity contribution in [2.24, 2.45) is 0 Å². The van der Waals surface area contributed by atoms with Crippen molar-refractivity contribution in [3.63, 3.8) is 0 Å². The molecule has 0 saturated heterocycles. The summed E-state index contributed by atoms with van der Waals surface area (Å²) >= 11 is 2.70. The maximum absolute atomic E-state index is 12.4. The predicted molar refractivity (Wildman–Crippen MR) is 120 cm³/mol. The smallest absolute Gasteiger partial charge is 0.236 e. The number of anilines is 1. The van der Waals surface area contributed by atoms with Crippen molar-refractivity contribution in [2.75, 3.05) is 11.1 Å². The molecule has 0 atom stereocenters. The highest BCUT2D eigenvalue weighted by Gasteiger charge is 2.15. The van der Waals surface area contributed by atoms with Crippen molar-refractivity contribution in [1.82, 2.24) is 25.2 Å². The highest BCUT2D eigenvalue weighted by Crippen LogP contribution is 2.26. The van der Waals surface area contributed by atoms with E-state index in [-0.39, 0.29) is 11.7 Å². The predicted octanol–water partition coefficient (Wildman–Crippen LogP) is 4.44. The first-order valence-electron chi connectivity index (χ1n) is 9.31. The summed E-state index contributed by atoms with van der Waals surface area (Å²) in [6, 6.07) is 14.2. The molecule has 7 nitrogen and oxygen atoms in total. The van der Waals surface area contributed by atoms with Gasteiger partial charge in [0.25, 0.3) is 0 Å². The van der Waals surface area contributed by atoms with Crippen molar-refractivity contribution >= 4 is 34.1 Å². The van der Waals surface area contributed by atoms with Crippen molar-refractivity contribution < 1.29 is 4.79 Å². The van der Waals surface area contributed by atoms with Gasteiger partial charge in [0.05, 0.1) is 17.1 Å². The molecule has 0 aliphatic carbocycles. The minimum atomic E-state index is -0.152. The zero-order chi connectivity index (χ0) is 21.1. The summed E-state index contributed by atoms with van der Waals surface area (Å²) in [7, 11) is 0. The highest BCUT2D eigenvalue weighted by molar-refractivity contribution is 7.99. The van der Waals surface area contributed by atoms with Gasteiger partial charge in [-0.15, -0.1) is 16.4 Å². The number of nitrogens with zero attached hydrogens (tertiary/aromatic N) is 5. The average Bonchev–Trinajstić information content (AvgIpc) is 3.37. The van der Waals surface area contributed by atoms with Crippen LogP contribution in [0.25, 0.3) is 16.9 Å². The molecule has 0 radical (unpaired) electrons. The molecule has 0 unspecified atom stereocenters. The summed E-state index contributed by atoms with van der Waals surface area (Å²) in [6.07, 6.45) is 0. The van der Waals surface area contributed by atoms with E-state index in [9.17, 15) is 4.79 Å². The molecule has 1 amide bonds. The Kier molecular flexibility index (Phi) is 5.91. The Bertz CT molecular complexity index is 1160. The van der Waals surface area contributed by atoms with Gasteiger partial charge in [-0.3, -0.25) is 4.79 Å². The van der Waals surface area contributed by atoms with Gasteiger partial charge >= 0.3 is 0 Å². The largest absolute Gasteiger partial charge is 0.301 e. The Morgan fingerprint density at radius 1 is 1.10 bits per heavy atom. The fourth-order valence-electron chi connectivity index (χ4n) is 3.02. The van der Waals surface area contributed by atoms with Crippen molar-refractivity contribution in [3.05, 3.63) is 64.5 Å². The second-order valence-electron chi connectivity index (χ2n) is 6.85. The van der Waals surface area contributed by atoms with Crippen LogP contribution in [0.1, 0.15) is 16.7 Å². The topological polar surface area (TPSA) is 85.6 Å². The lowest BCUT2D eigenvalue weighted by molar-refractivity contribution is -0.113. The van der Waals surface area contributed by atoms with Gasteiger partial charge in [0, 0.05) is 10.9 Å². The maximum atomic E-state index is 12.4. The number of hydrogen-bond donors (Lipinski definition) is 1. The molecule has 4 aromatic rings. The summed E-state index contributed by atoms with van der Waals surface area (Å²) in [5.41, 5.74) is 6.15. The van der Waals surface area contributed by atoms with Crippen LogP contribution >= 0.6 is 23.1 Å². The summed E-state index contributed by atoms with van der Waals surface area (Å²) in [5, 5.41) is 17.9. The summed E-state index contributed by atoms with van der Waals surface area (Å²) in [5.74, 6) is 0.0333. The molecule has 30 heavy (non-hydrogen) atoms. The lowest BCUT2D eigenvalue weighted by Crippen LogP contribution is -2.14. The molecule has 0 aliphatic heterocycles. The van der Waals surface area contributed by atoms with E-state index >= 15 is 0 Å². The Morgan fingerprint density at radius 3 is 2.57 bits per heavy atom. The van der Waals surface area contributed by atoms with E-state index < -0.39 is 0 Å². The van der Waals surface area contributed by atoms with Crippen LogP contribution in [-0.2, 0) is 4.79 Å². The van der Waals surface area contributed by atoms with Gasteiger partial charge in [-0.1, -0.05) is 59.8 Å². The molecule has 2 aromatic heterocycles. The first-order valence-corrected chi connectivity index (χ1v) is 11.2. The summed E-state index contributed by atoms with van der Waals surface area (Å²) in [6.45, 7) is 6.07. The third-order valence-electron chi connectivity index (χ3n) is 4.52. The maximum Gasteiger partial charge on any atom is 0.236 e. The van der Waals surface area contributed by atoms with E-state index in [0.717, 1.165) is 28.1 Å². The third-order valence-corrected chi connectivity index (χ3v) is 6.20. The standard InChI is InChI=1S/C21H20N6OS2/c1-13-7-9-16(10-8-13)17-11-29-20(22-17)23-18(28)12-30-21-24-25-26-27(21)19-14(2)5-4-6-15(19)3/h4-11H,12H2,1-3H3,(H,22,23,28). The molecular formula is C21H20N6OS2. The van der Waals surface area contributed by atoms with Gasteiger partial charge in [0.1, 0.15) is 0 Å². The number of para-hydroxylation sites is 1. The molecule has 0 fully saturated rings. The lowest BCUT2D eigenvalue weighted by Gasteiger charge is -2.10. The van der Waals surface area contributed by atoms with Gasteiger partial charge in [-0.2, -0.15) is 4.68 Å². The van der Waals surface area contributed by atoms with Crippen LogP contribution in [0.3, 0.4) is 0 Å². The number of tetrazole rings is 1. The minimum absolute atomic E-state index is 0.152. The number of thiazole rings is 1. The molecule has 0 aliphatic rings. The number of aromatic nitrogens is 5. The highest BCUT2D eigenvalue weighted by atomic mass is 32.2. The van der Waals surface area contributed by atoms with Crippen LogP contribution in [-0.4, -0.2) is 36.9 Å². The molecule has 0 spiro atoms. The van der Waals surface area contributed by atoms with E-state index in [1.54, 1.807) is 4.68 Å². The number of carbonyl (C=O) groups is 1. The number of carbonyl (C=O) groups excluding carboxylic acids is 1. The second-order valence-corrected chi connectivity index (χ2v) is 8.66. The van der Waals surface area contributed by atoms with E-state index in [1.165, 1.54) is 28.7 Å². The Morgan fingerprint density at radius 2 is 1.83 bits per heavy atom. The number of hydrogen-bond acceptors (Lipinski definition) is 7. The molecule has 0 saturated carbocycles. The first kappa shape index (κ1) is 20.2. The molecule has 2 heterocycles. The average molecular weight is 437 g/mol. The Labute approximate surface area is 182 Å². The van der Waals surface area contributed by atoms with Crippen LogP contribution in [0.5, 0.6) is 0 Å². The fourth-order valence-corrected chi connectivity index (χ4v) is 4.44. The van der Waals surface area contributed by atoms with Crippen LogP contribution in [0.4, 0.5) is 5.13 Å². The third kappa shape index (κ3) is 4.42. The Hall–Kier alpha value is -3.04. The normalized spacial score (nSPS) is 10.9. The van der Waals surface area contributed by atoms with E-state index in [1.807, 2.05) is 68.6 Å². The van der Waals surface area contributed by atoms with Crippen LogP contribution < -0.4 is 5.32 Å². The number of aryl methyl sites for hydroxylation is 3. The molecule has 4 rings (SSSR count). The molecule has 152 valence electrons. The van der Waals surface area contributed by atoms with Crippen LogP contribution in [0.2, 0.25) is 0 Å². The van der Waals surface area contributed by atoms with Crippen molar-refractivity contribution in [2.45, 2.75) is 25.9 Å². The molecule has 1 N–H and O–H groups in total. The van der Waals surface area contributed by atoms with Gasteiger partial charge in [0.15, 0.2) is 5.13 Å². The molecule has 2 aromatic carbocycles. The summed E-state index contributed by atoms with van der Waals surface area (Å²) < 4.78 is 1.68. The van der Waals surface area contributed by atoms with E-state index in [2.05, 4.69) is 25.8 Å². The number of amides is 1. The quantitative estimate of drug-likeness (QED) is 0.450. The van der Waals surface area contributed by atoms with Gasteiger partial charge in [0.2, 0.25) is 11.1 Å². The lowest BCUT2D eigenvalue weighted by atomic mass is 10.1. The fraction of sp³-hybridized carbons (Fsp3) is 0.190. The van der Waals surface area contributed by atoms with Crippen LogP contribution in [0, 0.1) is 20.8 Å². The van der Waals surface area contributed by atoms with Crippen LogP contribution in [0.15, 0.2) is 53.0 Å². The van der Waals surface area contributed by atoms with Gasteiger partial charge in [-0.25, -0.2) is 4.98 Å². The number of benzene rings is 2. The Balaban J connectivity index is 1.41. The summed E-state index contributed by atoms with van der Waals surface area (Å²) in [4.78, 5) is 17.0. The number of nitrogens with one attached hydrogen (secondary N) is 1. The van der Waals surface area contributed by atoms with Gasteiger partial charge < -0.3 is 5.32 Å². The van der Waals surface area contributed by atoms with Crippen molar-refractivity contribution in [3.8, 4) is 16.9 Å². The SMILES string of the molecule is Cc1ccc(-c2csc(NC(=O)CSc3nnnn3-c3c(C)cccc3C)n2)cc1. The van der Waals surface area contributed by atoms with Crippen molar-refractivity contribution in [1.29, 1.82) is 0 Å². The number of rotatable bonds is 6. The molecule has 0 bridgehead atoms. The van der Waals surface area contributed by atoms with E-state index in [4.69, 9.17) is 0 Å².